The quantitative estimate of drug-likeness (QED) is 0.306. The maximum absolute atomic E-state index is 11.5. The Labute approximate surface area is 170 Å². The van der Waals surface area contributed by atoms with Crippen LogP contribution in [0.3, 0.4) is 0 Å². The predicted octanol–water partition coefficient (Wildman–Crippen LogP) is 1.14. The molecule has 0 aromatic heterocycles. The zero-order valence-electron chi connectivity index (χ0n) is 17.8. The van der Waals surface area contributed by atoms with Crippen molar-refractivity contribution in [3.05, 3.63) is 11.6 Å². The van der Waals surface area contributed by atoms with Crippen LogP contribution in [0.1, 0.15) is 33.6 Å². The van der Waals surface area contributed by atoms with Crippen LogP contribution in [0.4, 0.5) is 4.79 Å². The molecule has 0 bridgehead atoms. The molecule has 8 heteroatoms. The molecule has 3 aliphatic rings. The lowest BCUT2D eigenvalue weighted by Crippen LogP contribution is -2.59. The molecule has 2 heterocycles. The van der Waals surface area contributed by atoms with Crippen molar-refractivity contribution >= 4 is 13.2 Å². The van der Waals surface area contributed by atoms with Gasteiger partial charge >= 0.3 is 7.41 Å². The van der Waals surface area contributed by atoms with Crippen LogP contribution in [0.25, 0.3) is 0 Å². The number of morpholine rings is 1. The number of rotatable bonds is 6. The fourth-order valence-electron chi connectivity index (χ4n) is 5.03. The van der Waals surface area contributed by atoms with Gasteiger partial charge in [-0.05, 0) is 38.5 Å². The highest BCUT2D eigenvalue weighted by Gasteiger charge is 2.33. The third kappa shape index (κ3) is 5.80. The summed E-state index contributed by atoms with van der Waals surface area (Å²) in [5, 5.41) is 8.78. The zero-order valence-corrected chi connectivity index (χ0v) is 17.8. The summed E-state index contributed by atoms with van der Waals surface area (Å²) in [7, 11) is 0.267. The fraction of sp³-hybridized carbons (Fsp3) is 0.850. The van der Waals surface area contributed by atoms with Gasteiger partial charge in [0, 0.05) is 51.4 Å². The number of hydrogen-bond donors (Lipinski definition) is 2. The first kappa shape index (κ1) is 21.8. The van der Waals surface area contributed by atoms with Crippen molar-refractivity contribution in [1.29, 1.82) is 0 Å². The number of amides is 1. The smallest absolute Gasteiger partial charge is 0.317 e. The first-order valence-corrected chi connectivity index (χ1v) is 10.9. The van der Waals surface area contributed by atoms with E-state index in [9.17, 15) is 4.79 Å². The lowest BCUT2D eigenvalue weighted by molar-refractivity contribution is 0.0403. The highest BCUT2D eigenvalue weighted by molar-refractivity contribution is 6.71. The molecular weight excluding hydrogens is 355 g/mol. The highest BCUT2D eigenvalue weighted by Crippen LogP contribution is 2.31. The van der Waals surface area contributed by atoms with Crippen molar-refractivity contribution in [3.63, 3.8) is 0 Å². The molecule has 3 rings (SSSR count). The molecule has 2 unspecified atom stereocenters. The molecule has 0 aromatic rings. The van der Waals surface area contributed by atoms with Gasteiger partial charge in [-0.3, -0.25) is 19.8 Å². The van der Waals surface area contributed by atoms with E-state index >= 15 is 0 Å². The molecule has 7 nitrogen and oxygen atoms in total. The molecule has 0 radical (unpaired) electrons. The monoisotopic (exact) mass is 392 g/mol. The maximum Gasteiger partial charge on any atom is 0.317 e. The standard InChI is InChI=1S/C20H37BN4O3/c1-15-4-5-18(10-19(15)14-23-6-8-28-9-7-23)13-25-16(2)11-24(12-17(25)3)21-20(26)22-27/h10,15-18,21,27H,4-9,11-14H2,1-3H3,(H,22,26)/t15?,16-,17+,18?. The van der Waals surface area contributed by atoms with Crippen molar-refractivity contribution in [2.45, 2.75) is 45.7 Å². The minimum atomic E-state index is -0.329. The third-order valence-corrected chi connectivity index (χ3v) is 6.68. The number of hydroxylamine groups is 1. The van der Waals surface area contributed by atoms with Gasteiger partial charge in [-0.2, -0.15) is 0 Å². The van der Waals surface area contributed by atoms with Gasteiger partial charge in [0.1, 0.15) is 0 Å². The van der Waals surface area contributed by atoms with Crippen LogP contribution in [-0.4, -0.2) is 97.6 Å². The van der Waals surface area contributed by atoms with Crippen LogP contribution < -0.4 is 5.48 Å². The summed E-state index contributed by atoms with van der Waals surface area (Å²) < 4.78 is 5.49. The molecule has 0 aromatic carbocycles. The number of nitrogens with one attached hydrogen (secondary N) is 1. The van der Waals surface area contributed by atoms with E-state index in [4.69, 9.17) is 9.94 Å². The van der Waals surface area contributed by atoms with Crippen LogP contribution in [0.15, 0.2) is 11.6 Å². The van der Waals surface area contributed by atoms with Crippen LogP contribution in [0.2, 0.25) is 0 Å². The van der Waals surface area contributed by atoms with Gasteiger partial charge in [-0.15, -0.1) is 0 Å². The Bertz CT molecular complexity index is 544. The van der Waals surface area contributed by atoms with Crippen molar-refractivity contribution < 1.29 is 14.7 Å². The number of carbonyl (C=O) groups excluding carboxylic acids is 1. The Hall–Kier alpha value is -0.925. The van der Waals surface area contributed by atoms with Crippen LogP contribution in [-0.2, 0) is 4.74 Å². The zero-order chi connectivity index (χ0) is 20.1. The number of carbonyl (C=O) groups is 1. The summed E-state index contributed by atoms with van der Waals surface area (Å²) in [6.07, 6.45) is 5.11. The first-order valence-electron chi connectivity index (χ1n) is 10.9. The van der Waals surface area contributed by atoms with Gasteiger partial charge in [0.25, 0.3) is 0 Å². The highest BCUT2D eigenvalue weighted by atomic mass is 16.5. The molecule has 0 saturated carbocycles. The summed E-state index contributed by atoms with van der Waals surface area (Å²) in [4.78, 5) is 18.8. The molecule has 0 spiro atoms. The van der Waals surface area contributed by atoms with E-state index < -0.39 is 0 Å². The van der Waals surface area contributed by atoms with Gasteiger partial charge in [-0.25, -0.2) is 5.48 Å². The molecule has 28 heavy (non-hydrogen) atoms. The second-order valence-corrected chi connectivity index (χ2v) is 8.99. The van der Waals surface area contributed by atoms with E-state index in [-0.39, 0.29) is 13.2 Å². The molecule has 2 saturated heterocycles. The van der Waals surface area contributed by atoms with Gasteiger partial charge in [0.15, 0.2) is 0 Å². The summed E-state index contributed by atoms with van der Waals surface area (Å²) in [6.45, 7) is 14.6. The number of nitrogens with zero attached hydrogens (tertiary/aromatic N) is 3. The van der Waals surface area contributed by atoms with Crippen molar-refractivity contribution in [1.82, 2.24) is 20.1 Å². The minimum absolute atomic E-state index is 0.267. The molecule has 2 N–H and O–H groups in total. The Morgan fingerprint density at radius 1 is 1.21 bits per heavy atom. The lowest BCUT2D eigenvalue weighted by atomic mass is 9.82. The fourth-order valence-corrected chi connectivity index (χ4v) is 5.03. The maximum atomic E-state index is 11.5. The summed E-state index contributed by atoms with van der Waals surface area (Å²) in [5.74, 6) is 0.969. The predicted molar refractivity (Wildman–Crippen MR) is 112 cm³/mol. The van der Waals surface area contributed by atoms with E-state index in [1.165, 1.54) is 12.8 Å². The molecular formula is C20H37BN4O3. The summed E-state index contributed by atoms with van der Waals surface area (Å²) >= 11 is 0. The van der Waals surface area contributed by atoms with E-state index in [0.29, 0.717) is 23.9 Å². The Morgan fingerprint density at radius 2 is 1.89 bits per heavy atom. The minimum Gasteiger partial charge on any atom is -0.379 e. The van der Waals surface area contributed by atoms with Gasteiger partial charge in [0.05, 0.1) is 13.2 Å². The van der Waals surface area contributed by atoms with E-state index in [0.717, 1.165) is 52.5 Å². The van der Waals surface area contributed by atoms with Gasteiger partial charge < -0.3 is 9.55 Å². The molecule has 1 amide bonds. The average molecular weight is 392 g/mol. The molecule has 1 aliphatic carbocycles. The largest absolute Gasteiger partial charge is 0.379 e. The second-order valence-electron chi connectivity index (χ2n) is 8.99. The van der Waals surface area contributed by atoms with Crippen LogP contribution in [0, 0.1) is 11.8 Å². The van der Waals surface area contributed by atoms with Crippen LogP contribution in [0.5, 0.6) is 0 Å². The molecule has 2 fully saturated rings. The average Bonchev–Trinajstić information content (AvgIpc) is 2.68. The lowest BCUT2D eigenvalue weighted by Gasteiger charge is -2.46. The normalized spacial score (nSPS) is 33.4. The van der Waals surface area contributed by atoms with Crippen molar-refractivity contribution in [2.75, 3.05) is 52.5 Å². The van der Waals surface area contributed by atoms with Crippen molar-refractivity contribution in [2.24, 2.45) is 11.8 Å². The number of ether oxygens (including phenoxy) is 1. The third-order valence-electron chi connectivity index (χ3n) is 6.68. The topological polar surface area (TPSA) is 68.3 Å². The Kier molecular flexibility index (Phi) is 7.94. The summed E-state index contributed by atoms with van der Waals surface area (Å²) in [5.41, 5.74) is 3.36. The second kappa shape index (κ2) is 10.2. The first-order chi connectivity index (χ1) is 13.5. The molecule has 2 aliphatic heterocycles. The van der Waals surface area contributed by atoms with E-state index in [1.807, 2.05) is 0 Å². The summed E-state index contributed by atoms with van der Waals surface area (Å²) in [6, 6.07) is 0.816. The Morgan fingerprint density at radius 3 is 2.54 bits per heavy atom. The van der Waals surface area contributed by atoms with E-state index in [1.54, 1.807) is 11.1 Å². The number of piperazine rings is 1. The van der Waals surface area contributed by atoms with Crippen LogP contribution >= 0.6 is 0 Å². The molecule has 158 valence electrons. The number of hydrogen-bond acceptors (Lipinski definition) is 6. The van der Waals surface area contributed by atoms with Crippen molar-refractivity contribution in [3.8, 4) is 0 Å². The van der Waals surface area contributed by atoms with Gasteiger partial charge in [-0.1, -0.05) is 18.6 Å². The Balaban J connectivity index is 1.56. The SMILES string of the molecule is CC1CCC(CN2[C@H](C)CN(BC(=O)NO)C[C@@H]2C)C=C1CN1CCOCC1. The van der Waals surface area contributed by atoms with Gasteiger partial charge in [0.2, 0.25) is 5.81 Å². The van der Waals surface area contributed by atoms with E-state index in [2.05, 4.69) is 41.5 Å². The molecule has 4 atom stereocenters.